The SMILES string of the molecule is COC(c1cc(Cl)c2c(c1Cl)C(=O)N(Cc1c(C)cc(C)[nH]c1=O)CC2)C1CN(S(C)(=O)=O)C1. The Morgan fingerprint density at radius 1 is 1.21 bits per heavy atom. The number of rotatable bonds is 6. The second kappa shape index (κ2) is 9.28. The summed E-state index contributed by atoms with van der Waals surface area (Å²) in [5, 5.41) is 0.682. The number of benzene rings is 1. The Labute approximate surface area is 208 Å². The summed E-state index contributed by atoms with van der Waals surface area (Å²) in [6.45, 7) is 4.85. The number of ether oxygens (including phenoxy) is 1. The molecular weight excluding hydrogens is 501 g/mol. The van der Waals surface area contributed by atoms with E-state index in [-0.39, 0.29) is 29.0 Å². The van der Waals surface area contributed by atoms with E-state index in [1.807, 2.05) is 19.9 Å². The average molecular weight is 528 g/mol. The molecule has 11 heteroatoms. The molecule has 1 fully saturated rings. The van der Waals surface area contributed by atoms with Gasteiger partial charge in [0.1, 0.15) is 0 Å². The first-order valence-corrected chi connectivity index (χ1v) is 13.5. The number of pyridine rings is 1. The number of aryl methyl sites for hydroxylation is 2. The third kappa shape index (κ3) is 4.52. The Kier molecular flexibility index (Phi) is 6.87. The average Bonchev–Trinajstić information content (AvgIpc) is 2.69. The number of hydrogen-bond acceptors (Lipinski definition) is 5. The van der Waals surface area contributed by atoms with Crippen molar-refractivity contribution in [1.82, 2.24) is 14.2 Å². The Morgan fingerprint density at radius 2 is 1.88 bits per heavy atom. The number of hydrogen-bond donors (Lipinski definition) is 1. The van der Waals surface area contributed by atoms with E-state index < -0.39 is 16.1 Å². The molecule has 0 spiro atoms. The van der Waals surface area contributed by atoms with Gasteiger partial charge in [-0.05, 0) is 43.5 Å². The number of carbonyl (C=O) groups is 1. The number of aromatic nitrogens is 1. The van der Waals surface area contributed by atoms with Crippen molar-refractivity contribution >= 4 is 39.1 Å². The fraction of sp³-hybridized carbons (Fsp3) is 0.478. The molecule has 4 rings (SSSR count). The first-order valence-electron chi connectivity index (χ1n) is 10.9. The van der Waals surface area contributed by atoms with Gasteiger partial charge in [0.15, 0.2) is 0 Å². The summed E-state index contributed by atoms with van der Waals surface area (Å²) in [5.41, 5.74) is 3.45. The van der Waals surface area contributed by atoms with Gasteiger partial charge in [-0.25, -0.2) is 12.7 Å². The minimum absolute atomic E-state index is 0.116. The zero-order valence-electron chi connectivity index (χ0n) is 19.4. The topological polar surface area (TPSA) is 99.8 Å². The molecule has 0 saturated carbocycles. The summed E-state index contributed by atoms with van der Waals surface area (Å²) >= 11 is 13.4. The van der Waals surface area contributed by atoms with E-state index in [1.54, 1.807) is 11.0 Å². The van der Waals surface area contributed by atoms with Gasteiger partial charge in [0.25, 0.3) is 11.5 Å². The van der Waals surface area contributed by atoms with Crippen molar-refractivity contribution < 1.29 is 17.9 Å². The summed E-state index contributed by atoms with van der Waals surface area (Å²) in [6.07, 6.45) is 1.16. The van der Waals surface area contributed by atoms with Crippen LogP contribution in [0.1, 0.15) is 44.4 Å². The fourth-order valence-corrected chi connectivity index (χ4v) is 6.38. The van der Waals surface area contributed by atoms with Gasteiger partial charge in [-0.3, -0.25) is 9.59 Å². The molecule has 1 N–H and O–H groups in total. The number of methoxy groups -OCH3 is 1. The lowest BCUT2D eigenvalue weighted by Crippen LogP contribution is -2.52. The molecule has 2 aliphatic rings. The van der Waals surface area contributed by atoms with Crippen LogP contribution in [0.25, 0.3) is 0 Å². The van der Waals surface area contributed by atoms with Crippen LogP contribution in [0, 0.1) is 19.8 Å². The third-order valence-electron chi connectivity index (χ3n) is 6.65. The molecule has 184 valence electrons. The van der Waals surface area contributed by atoms with Crippen LogP contribution in [0.4, 0.5) is 0 Å². The van der Waals surface area contributed by atoms with E-state index in [0.29, 0.717) is 53.3 Å². The van der Waals surface area contributed by atoms with Crippen molar-refractivity contribution in [2.75, 3.05) is 33.0 Å². The summed E-state index contributed by atoms with van der Waals surface area (Å²) < 4.78 is 30.6. The van der Waals surface area contributed by atoms with Crippen molar-refractivity contribution in [3.8, 4) is 0 Å². The van der Waals surface area contributed by atoms with Crippen LogP contribution in [0.2, 0.25) is 10.0 Å². The molecule has 8 nitrogen and oxygen atoms in total. The highest BCUT2D eigenvalue weighted by Crippen LogP contribution is 2.42. The molecule has 34 heavy (non-hydrogen) atoms. The standard InChI is InChI=1S/C23H27Cl2N3O5S/c1-12-7-13(2)26-22(29)17(12)11-27-6-5-15-18(24)8-16(20(25)19(15)23(27)30)21(33-3)14-9-28(10-14)34(4,31)32/h7-8,14,21H,5-6,9-11H2,1-4H3,(H,26,29). The monoisotopic (exact) mass is 527 g/mol. The number of carbonyl (C=O) groups excluding carboxylic acids is 1. The molecule has 1 amide bonds. The Hall–Kier alpha value is -1.91. The van der Waals surface area contributed by atoms with Crippen molar-refractivity contribution in [3.63, 3.8) is 0 Å². The van der Waals surface area contributed by atoms with E-state index in [9.17, 15) is 18.0 Å². The maximum absolute atomic E-state index is 13.5. The van der Waals surface area contributed by atoms with Gasteiger partial charge in [0, 0.05) is 54.5 Å². The zero-order chi connectivity index (χ0) is 24.9. The maximum Gasteiger partial charge on any atom is 0.256 e. The summed E-state index contributed by atoms with van der Waals surface area (Å²) in [7, 11) is -1.76. The number of amides is 1. The Morgan fingerprint density at radius 3 is 2.47 bits per heavy atom. The third-order valence-corrected chi connectivity index (χ3v) is 8.64. The minimum Gasteiger partial charge on any atom is -0.376 e. The number of nitrogens with zero attached hydrogens (tertiary/aromatic N) is 2. The molecule has 1 atom stereocenters. The first kappa shape index (κ1) is 25.2. The fourth-order valence-electron chi connectivity index (χ4n) is 4.79. The number of H-pyrrole nitrogens is 1. The minimum atomic E-state index is -3.28. The number of halogens is 2. The molecular formula is C23H27Cl2N3O5S. The highest BCUT2D eigenvalue weighted by molar-refractivity contribution is 7.88. The van der Waals surface area contributed by atoms with E-state index in [2.05, 4.69) is 4.98 Å². The lowest BCUT2D eigenvalue weighted by molar-refractivity contribution is 0.000621. The van der Waals surface area contributed by atoms with E-state index in [4.69, 9.17) is 27.9 Å². The molecule has 1 aromatic carbocycles. The lowest BCUT2D eigenvalue weighted by atomic mass is 9.87. The highest BCUT2D eigenvalue weighted by Gasteiger charge is 2.41. The largest absolute Gasteiger partial charge is 0.376 e. The van der Waals surface area contributed by atoms with Crippen molar-refractivity contribution in [2.45, 2.75) is 32.9 Å². The Balaban J connectivity index is 1.66. The van der Waals surface area contributed by atoms with Crippen LogP contribution in [-0.4, -0.2) is 61.5 Å². The predicted molar refractivity (Wildman–Crippen MR) is 131 cm³/mol. The van der Waals surface area contributed by atoms with E-state index in [1.165, 1.54) is 17.7 Å². The molecule has 1 unspecified atom stereocenters. The number of aromatic amines is 1. The van der Waals surface area contributed by atoms with Gasteiger partial charge in [-0.15, -0.1) is 0 Å². The molecule has 2 aliphatic heterocycles. The molecule has 0 radical (unpaired) electrons. The molecule has 1 saturated heterocycles. The van der Waals surface area contributed by atoms with Gasteiger partial charge in [0.05, 0.1) is 29.5 Å². The van der Waals surface area contributed by atoms with Crippen LogP contribution in [0.15, 0.2) is 16.9 Å². The van der Waals surface area contributed by atoms with Crippen LogP contribution < -0.4 is 5.56 Å². The van der Waals surface area contributed by atoms with Crippen LogP contribution in [-0.2, 0) is 27.7 Å². The van der Waals surface area contributed by atoms with Crippen molar-refractivity contribution in [3.05, 3.63) is 66.0 Å². The van der Waals surface area contributed by atoms with E-state index >= 15 is 0 Å². The van der Waals surface area contributed by atoms with Crippen molar-refractivity contribution in [2.24, 2.45) is 5.92 Å². The summed E-state index contributed by atoms with van der Waals surface area (Å²) in [6, 6.07) is 3.60. The van der Waals surface area contributed by atoms with Crippen LogP contribution in [0.5, 0.6) is 0 Å². The molecule has 2 aromatic rings. The van der Waals surface area contributed by atoms with Crippen LogP contribution in [0.3, 0.4) is 0 Å². The first-order chi connectivity index (χ1) is 15.9. The predicted octanol–water partition coefficient (Wildman–Crippen LogP) is 3.08. The molecule has 0 aliphatic carbocycles. The van der Waals surface area contributed by atoms with Crippen LogP contribution >= 0.6 is 23.2 Å². The van der Waals surface area contributed by atoms with Gasteiger partial charge < -0.3 is 14.6 Å². The lowest BCUT2D eigenvalue weighted by Gasteiger charge is -2.41. The maximum atomic E-state index is 13.5. The Bertz CT molecular complexity index is 1320. The second-order valence-electron chi connectivity index (χ2n) is 9.03. The second-order valence-corrected chi connectivity index (χ2v) is 11.8. The van der Waals surface area contributed by atoms with E-state index in [0.717, 1.165) is 11.3 Å². The van der Waals surface area contributed by atoms with Gasteiger partial charge in [-0.2, -0.15) is 0 Å². The molecule has 3 heterocycles. The molecule has 0 bridgehead atoms. The number of sulfonamides is 1. The van der Waals surface area contributed by atoms with Gasteiger partial charge in [0.2, 0.25) is 10.0 Å². The summed E-state index contributed by atoms with van der Waals surface area (Å²) in [5.74, 6) is -0.412. The van der Waals surface area contributed by atoms with Gasteiger partial charge in [-0.1, -0.05) is 23.2 Å². The smallest absolute Gasteiger partial charge is 0.256 e. The van der Waals surface area contributed by atoms with Gasteiger partial charge >= 0.3 is 0 Å². The van der Waals surface area contributed by atoms with Crippen molar-refractivity contribution in [1.29, 1.82) is 0 Å². The zero-order valence-corrected chi connectivity index (χ0v) is 21.8. The normalized spacial score (nSPS) is 18.1. The quantitative estimate of drug-likeness (QED) is 0.622. The summed E-state index contributed by atoms with van der Waals surface area (Å²) in [4.78, 5) is 30.4. The number of fused-ring (bicyclic) bond motifs is 1. The molecule has 1 aromatic heterocycles. The number of nitrogens with one attached hydrogen (secondary N) is 1. The highest BCUT2D eigenvalue weighted by atomic mass is 35.5.